The quantitative estimate of drug-likeness (QED) is 0.423. The van der Waals surface area contributed by atoms with Gasteiger partial charge in [-0.1, -0.05) is 67.0 Å². The van der Waals surface area contributed by atoms with E-state index < -0.39 is 5.25 Å². The average molecular weight is 467 g/mol. The smallest absolute Gasteiger partial charge is 0.237 e. The standard InChI is InChI=1S/C21H21Cl2FN4OS/c1-12(2)11-28-19(14-7-4-5-9-16(14)24)26-27-21(28)30-13(3)20(29)25-17-10-6-8-15(22)18(17)23/h4-10,12-13H,11H2,1-3H3,(H,25,29). The summed E-state index contributed by atoms with van der Waals surface area (Å²) < 4.78 is 16.2. The predicted octanol–water partition coefficient (Wildman–Crippen LogP) is 6.17. The molecule has 1 unspecified atom stereocenters. The van der Waals surface area contributed by atoms with Crippen LogP contribution in [-0.4, -0.2) is 25.9 Å². The van der Waals surface area contributed by atoms with Gasteiger partial charge in [0.25, 0.3) is 0 Å². The van der Waals surface area contributed by atoms with Gasteiger partial charge in [-0.3, -0.25) is 4.79 Å². The zero-order valence-electron chi connectivity index (χ0n) is 16.7. The molecule has 0 aliphatic heterocycles. The maximum Gasteiger partial charge on any atom is 0.237 e. The lowest BCUT2D eigenvalue weighted by atomic mass is 10.2. The molecular weight excluding hydrogens is 446 g/mol. The number of halogens is 3. The molecule has 3 aromatic rings. The van der Waals surface area contributed by atoms with Crippen LogP contribution in [0.2, 0.25) is 10.0 Å². The van der Waals surface area contributed by atoms with Gasteiger partial charge in [0.15, 0.2) is 11.0 Å². The number of anilines is 1. The van der Waals surface area contributed by atoms with Crippen LogP contribution < -0.4 is 5.32 Å². The normalized spacial score (nSPS) is 12.2. The fourth-order valence-corrected chi connectivity index (χ4v) is 4.00. The highest BCUT2D eigenvalue weighted by atomic mass is 35.5. The van der Waals surface area contributed by atoms with E-state index in [1.165, 1.54) is 17.8 Å². The fourth-order valence-electron chi connectivity index (χ4n) is 2.79. The lowest BCUT2D eigenvalue weighted by Gasteiger charge is -2.16. The molecule has 1 atom stereocenters. The van der Waals surface area contributed by atoms with Crippen molar-refractivity contribution in [3.63, 3.8) is 0 Å². The van der Waals surface area contributed by atoms with Crippen molar-refractivity contribution in [1.29, 1.82) is 0 Å². The molecule has 0 saturated heterocycles. The van der Waals surface area contributed by atoms with Gasteiger partial charge >= 0.3 is 0 Å². The minimum absolute atomic E-state index is 0.254. The molecule has 0 aliphatic carbocycles. The van der Waals surface area contributed by atoms with E-state index in [1.807, 2.05) is 4.57 Å². The first-order valence-corrected chi connectivity index (χ1v) is 11.0. The first-order valence-electron chi connectivity index (χ1n) is 9.37. The molecule has 1 heterocycles. The Bertz CT molecular complexity index is 1060. The van der Waals surface area contributed by atoms with Gasteiger partial charge in [0.1, 0.15) is 5.82 Å². The molecule has 0 radical (unpaired) electrons. The Labute approximate surface area is 189 Å². The van der Waals surface area contributed by atoms with Crippen LogP contribution in [0.25, 0.3) is 11.4 Å². The first kappa shape index (κ1) is 22.6. The highest BCUT2D eigenvalue weighted by Gasteiger charge is 2.23. The number of benzene rings is 2. The van der Waals surface area contributed by atoms with Gasteiger partial charge < -0.3 is 9.88 Å². The van der Waals surface area contributed by atoms with E-state index in [0.29, 0.717) is 33.8 Å². The molecule has 0 spiro atoms. The molecule has 30 heavy (non-hydrogen) atoms. The number of carbonyl (C=O) groups is 1. The predicted molar refractivity (Wildman–Crippen MR) is 121 cm³/mol. The van der Waals surface area contributed by atoms with E-state index in [-0.39, 0.29) is 22.7 Å². The molecule has 0 aliphatic rings. The van der Waals surface area contributed by atoms with Crippen LogP contribution in [0.15, 0.2) is 47.6 Å². The summed E-state index contributed by atoms with van der Waals surface area (Å²) in [6.07, 6.45) is 0. The van der Waals surface area contributed by atoms with Crippen molar-refractivity contribution in [3.8, 4) is 11.4 Å². The number of thioether (sulfide) groups is 1. The second-order valence-electron chi connectivity index (χ2n) is 7.14. The van der Waals surface area contributed by atoms with E-state index in [0.717, 1.165) is 0 Å². The number of carbonyl (C=O) groups excluding carboxylic acids is 1. The highest BCUT2D eigenvalue weighted by Crippen LogP contribution is 2.32. The summed E-state index contributed by atoms with van der Waals surface area (Å²) in [4.78, 5) is 12.7. The molecule has 0 bridgehead atoms. The Balaban J connectivity index is 1.84. The van der Waals surface area contributed by atoms with Crippen LogP contribution >= 0.6 is 35.0 Å². The van der Waals surface area contributed by atoms with Gasteiger partial charge in [-0.15, -0.1) is 10.2 Å². The molecule has 158 valence electrons. The Morgan fingerprint density at radius 3 is 2.57 bits per heavy atom. The van der Waals surface area contributed by atoms with Crippen LogP contribution in [-0.2, 0) is 11.3 Å². The summed E-state index contributed by atoms with van der Waals surface area (Å²) in [5, 5.41) is 11.9. The van der Waals surface area contributed by atoms with Crippen molar-refractivity contribution in [2.24, 2.45) is 5.92 Å². The number of aromatic nitrogens is 3. The van der Waals surface area contributed by atoms with Crippen LogP contribution in [0.1, 0.15) is 20.8 Å². The number of nitrogens with one attached hydrogen (secondary N) is 1. The number of hydrogen-bond acceptors (Lipinski definition) is 4. The topological polar surface area (TPSA) is 59.8 Å². The fraction of sp³-hybridized carbons (Fsp3) is 0.286. The first-order chi connectivity index (χ1) is 14.3. The van der Waals surface area contributed by atoms with Gasteiger partial charge in [0, 0.05) is 6.54 Å². The lowest BCUT2D eigenvalue weighted by Crippen LogP contribution is -2.23. The third kappa shape index (κ3) is 5.14. The molecule has 1 N–H and O–H groups in total. The van der Waals surface area contributed by atoms with Crippen LogP contribution in [0.4, 0.5) is 10.1 Å². The molecule has 1 aromatic heterocycles. The van der Waals surface area contributed by atoms with Gasteiger partial charge in [-0.2, -0.15) is 0 Å². The number of rotatable bonds is 7. The molecule has 0 fully saturated rings. The molecule has 9 heteroatoms. The van der Waals surface area contributed by atoms with Gasteiger partial charge in [-0.25, -0.2) is 4.39 Å². The monoisotopic (exact) mass is 466 g/mol. The van der Waals surface area contributed by atoms with Crippen molar-refractivity contribution in [3.05, 3.63) is 58.3 Å². The minimum atomic E-state index is -0.497. The Morgan fingerprint density at radius 1 is 1.13 bits per heavy atom. The van der Waals surface area contributed by atoms with Gasteiger partial charge in [0.05, 0.1) is 26.5 Å². The largest absolute Gasteiger partial charge is 0.324 e. The van der Waals surface area contributed by atoms with E-state index in [9.17, 15) is 9.18 Å². The average Bonchev–Trinajstić information content (AvgIpc) is 3.07. The summed E-state index contributed by atoms with van der Waals surface area (Å²) in [6.45, 7) is 6.46. The summed E-state index contributed by atoms with van der Waals surface area (Å²) in [5.41, 5.74) is 0.817. The summed E-state index contributed by atoms with van der Waals surface area (Å²) >= 11 is 13.4. The Hall–Kier alpha value is -2.09. The SMILES string of the molecule is CC(C)Cn1c(SC(C)C(=O)Nc2cccc(Cl)c2Cl)nnc1-c1ccccc1F. The molecular formula is C21H21Cl2FN4OS. The lowest BCUT2D eigenvalue weighted by molar-refractivity contribution is -0.115. The summed E-state index contributed by atoms with van der Waals surface area (Å²) in [6, 6.07) is 11.5. The summed E-state index contributed by atoms with van der Waals surface area (Å²) in [5.74, 6) is 0.0959. The van der Waals surface area contributed by atoms with Crippen LogP contribution in [0, 0.1) is 11.7 Å². The third-order valence-corrected chi connectivity index (χ3v) is 6.14. The van der Waals surface area contributed by atoms with Crippen molar-refractivity contribution in [1.82, 2.24) is 14.8 Å². The van der Waals surface area contributed by atoms with Gasteiger partial charge in [-0.05, 0) is 37.1 Å². The number of amides is 1. The van der Waals surface area contributed by atoms with Crippen LogP contribution in [0.3, 0.4) is 0 Å². The number of hydrogen-bond donors (Lipinski definition) is 1. The maximum atomic E-state index is 14.3. The summed E-state index contributed by atoms with van der Waals surface area (Å²) in [7, 11) is 0. The minimum Gasteiger partial charge on any atom is -0.324 e. The van der Waals surface area contributed by atoms with Crippen molar-refractivity contribution < 1.29 is 9.18 Å². The molecule has 1 amide bonds. The Kier molecular flexibility index (Phi) is 7.39. The van der Waals surface area contributed by atoms with E-state index >= 15 is 0 Å². The maximum absolute atomic E-state index is 14.3. The zero-order chi connectivity index (χ0) is 21.8. The van der Waals surface area contributed by atoms with Gasteiger partial charge in [0.2, 0.25) is 5.91 Å². The van der Waals surface area contributed by atoms with Crippen molar-refractivity contribution in [2.45, 2.75) is 37.7 Å². The van der Waals surface area contributed by atoms with E-state index in [1.54, 1.807) is 43.3 Å². The van der Waals surface area contributed by atoms with Crippen LogP contribution in [0.5, 0.6) is 0 Å². The Morgan fingerprint density at radius 2 is 1.87 bits per heavy atom. The highest BCUT2D eigenvalue weighted by molar-refractivity contribution is 8.00. The molecule has 0 saturated carbocycles. The third-order valence-electron chi connectivity index (χ3n) is 4.24. The molecule has 3 rings (SSSR count). The zero-order valence-corrected chi connectivity index (χ0v) is 19.0. The van der Waals surface area contributed by atoms with Crippen molar-refractivity contribution in [2.75, 3.05) is 5.32 Å². The second-order valence-corrected chi connectivity index (χ2v) is 9.23. The van der Waals surface area contributed by atoms with E-state index in [2.05, 4.69) is 29.4 Å². The number of nitrogens with zero attached hydrogens (tertiary/aromatic N) is 3. The molecule has 5 nitrogen and oxygen atoms in total. The van der Waals surface area contributed by atoms with Crippen molar-refractivity contribution >= 4 is 46.6 Å². The second kappa shape index (κ2) is 9.81. The van der Waals surface area contributed by atoms with E-state index in [4.69, 9.17) is 23.2 Å². The molecule has 2 aromatic carbocycles.